The molecule has 1 atom stereocenters. The summed E-state index contributed by atoms with van der Waals surface area (Å²) in [4.78, 5) is 14.1. The summed E-state index contributed by atoms with van der Waals surface area (Å²) in [5.41, 5.74) is 7.28. The molecule has 0 aliphatic carbocycles. The van der Waals surface area contributed by atoms with Crippen LogP contribution in [0, 0.1) is 0 Å². The van der Waals surface area contributed by atoms with Gasteiger partial charge in [-0.2, -0.15) is 0 Å². The molecule has 5 heteroatoms. The van der Waals surface area contributed by atoms with Crippen LogP contribution in [0.5, 0.6) is 0 Å². The molecule has 1 aliphatic heterocycles. The van der Waals surface area contributed by atoms with E-state index in [0.29, 0.717) is 12.2 Å². The predicted molar refractivity (Wildman–Crippen MR) is 84.8 cm³/mol. The molecule has 0 aromatic heterocycles. The Hall–Kier alpha value is -1.85. The number of likely N-dealkylation sites (N-methyl/N-ethyl adjacent to an activating group) is 1. The Morgan fingerprint density at radius 3 is 2.95 bits per heavy atom. The van der Waals surface area contributed by atoms with Crippen LogP contribution >= 0.6 is 0 Å². The van der Waals surface area contributed by atoms with Gasteiger partial charge in [-0.3, -0.25) is 9.69 Å². The molecule has 1 unspecified atom stereocenters. The van der Waals surface area contributed by atoms with Gasteiger partial charge >= 0.3 is 0 Å². The highest BCUT2D eigenvalue weighted by Crippen LogP contribution is 2.07. The van der Waals surface area contributed by atoms with Crippen molar-refractivity contribution < 1.29 is 9.53 Å². The molecule has 1 aromatic carbocycles. The van der Waals surface area contributed by atoms with E-state index in [4.69, 9.17) is 10.5 Å². The third-order valence-electron chi connectivity index (χ3n) is 3.54. The molecule has 1 amide bonds. The summed E-state index contributed by atoms with van der Waals surface area (Å²) in [7, 11) is 0. The Balaban J connectivity index is 1.75. The number of rotatable bonds is 5. The minimum Gasteiger partial charge on any atom is -0.399 e. The lowest BCUT2D eigenvalue weighted by Crippen LogP contribution is -2.47. The van der Waals surface area contributed by atoms with E-state index in [-0.39, 0.29) is 12.0 Å². The van der Waals surface area contributed by atoms with Crippen LogP contribution in [-0.4, -0.2) is 49.7 Å². The highest BCUT2D eigenvalue weighted by molar-refractivity contribution is 5.91. The first-order valence-electron chi connectivity index (χ1n) is 7.33. The van der Waals surface area contributed by atoms with Crippen molar-refractivity contribution in [3.05, 3.63) is 35.9 Å². The number of carbonyl (C=O) groups is 1. The van der Waals surface area contributed by atoms with Gasteiger partial charge in [0.05, 0.1) is 12.7 Å². The molecular formula is C16H23N3O2. The zero-order chi connectivity index (χ0) is 15.1. The largest absolute Gasteiger partial charge is 0.399 e. The maximum atomic E-state index is 11.8. The van der Waals surface area contributed by atoms with Crippen molar-refractivity contribution in [2.24, 2.45) is 0 Å². The van der Waals surface area contributed by atoms with E-state index in [0.717, 1.165) is 31.8 Å². The molecule has 114 valence electrons. The summed E-state index contributed by atoms with van der Waals surface area (Å²) >= 11 is 0. The molecule has 3 N–H and O–H groups in total. The number of carbonyl (C=O) groups excluding carboxylic acids is 1. The average Bonchev–Trinajstić information content (AvgIpc) is 2.52. The number of hydrogen-bond acceptors (Lipinski definition) is 4. The maximum Gasteiger partial charge on any atom is 0.244 e. The lowest BCUT2D eigenvalue weighted by molar-refractivity contribution is -0.117. The lowest BCUT2D eigenvalue weighted by atomic mass is 10.2. The van der Waals surface area contributed by atoms with Gasteiger partial charge in [0.25, 0.3) is 0 Å². The van der Waals surface area contributed by atoms with Gasteiger partial charge in [-0.05, 0) is 30.3 Å². The second-order valence-corrected chi connectivity index (χ2v) is 5.13. The number of nitrogen functional groups attached to an aromatic ring is 1. The van der Waals surface area contributed by atoms with Crippen LogP contribution in [0.25, 0.3) is 6.08 Å². The van der Waals surface area contributed by atoms with Crippen molar-refractivity contribution in [3.8, 4) is 0 Å². The van der Waals surface area contributed by atoms with Crippen LogP contribution in [0.15, 0.2) is 30.3 Å². The van der Waals surface area contributed by atoms with E-state index in [2.05, 4.69) is 17.1 Å². The highest BCUT2D eigenvalue weighted by atomic mass is 16.5. The van der Waals surface area contributed by atoms with Gasteiger partial charge in [-0.1, -0.05) is 19.1 Å². The molecule has 1 fully saturated rings. The smallest absolute Gasteiger partial charge is 0.244 e. The fraction of sp³-hybridized carbons (Fsp3) is 0.438. The number of hydrogen-bond donors (Lipinski definition) is 2. The van der Waals surface area contributed by atoms with E-state index in [1.54, 1.807) is 6.08 Å². The van der Waals surface area contributed by atoms with Crippen LogP contribution in [0.4, 0.5) is 5.69 Å². The molecule has 2 rings (SSSR count). The summed E-state index contributed by atoms with van der Waals surface area (Å²) < 4.78 is 5.64. The topological polar surface area (TPSA) is 67.6 Å². The maximum absolute atomic E-state index is 11.8. The number of ether oxygens (including phenoxy) is 1. The van der Waals surface area contributed by atoms with E-state index in [1.807, 2.05) is 24.3 Å². The number of anilines is 1. The molecule has 0 radical (unpaired) electrons. The molecular weight excluding hydrogens is 266 g/mol. The molecule has 0 bridgehead atoms. The number of amides is 1. The standard InChI is InChI=1S/C16H23N3O2/c1-2-19-9-10-21-15(12-19)11-18-16(20)8-5-13-3-6-14(17)7-4-13/h3-8,15H,2,9-12,17H2,1H3,(H,18,20)/b8-5+. The van der Waals surface area contributed by atoms with Gasteiger partial charge in [0.1, 0.15) is 0 Å². The van der Waals surface area contributed by atoms with Crippen molar-refractivity contribution in [1.29, 1.82) is 0 Å². The van der Waals surface area contributed by atoms with Crippen molar-refractivity contribution >= 4 is 17.7 Å². The van der Waals surface area contributed by atoms with Gasteiger partial charge in [0, 0.05) is 31.4 Å². The SMILES string of the molecule is CCN1CCOC(CNC(=O)/C=C/c2ccc(N)cc2)C1. The molecule has 5 nitrogen and oxygen atoms in total. The zero-order valence-electron chi connectivity index (χ0n) is 12.4. The normalized spacial score (nSPS) is 19.8. The zero-order valence-corrected chi connectivity index (χ0v) is 12.4. The lowest BCUT2D eigenvalue weighted by Gasteiger charge is -2.31. The second kappa shape index (κ2) is 7.81. The Kier molecular flexibility index (Phi) is 5.78. The van der Waals surface area contributed by atoms with E-state index < -0.39 is 0 Å². The first-order chi connectivity index (χ1) is 10.2. The molecule has 21 heavy (non-hydrogen) atoms. The van der Waals surface area contributed by atoms with Crippen molar-refractivity contribution in [2.45, 2.75) is 13.0 Å². The van der Waals surface area contributed by atoms with Gasteiger partial charge in [0.15, 0.2) is 0 Å². The van der Waals surface area contributed by atoms with Crippen LogP contribution in [0.1, 0.15) is 12.5 Å². The summed E-state index contributed by atoms with van der Waals surface area (Å²) in [5, 5.41) is 2.88. The van der Waals surface area contributed by atoms with Gasteiger partial charge in [0.2, 0.25) is 5.91 Å². The molecule has 0 spiro atoms. The van der Waals surface area contributed by atoms with Gasteiger partial charge < -0.3 is 15.8 Å². The minimum absolute atomic E-state index is 0.0765. The Labute approximate surface area is 125 Å². The third-order valence-corrected chi connectivity index (χ3v) is 3.54. The summed E-state index contributed by atoms with van der Waals surface area (Å²) in [6.45, 7) is 6.27. The summed E-state index contributed by atoms with van der Waals surface area (Å²) in [6.07, 6.45) is 3.38. The summed E-state index contributed by atoms with van der Waals surface area (Å²) in [6, 6.07) is 7.38. The Morgan fingerprint density at radius 2 is 2.24 bits per heavy atom. The van der Waals surface area contributed by atoms with Crippen LogP contribution in [-0.2, 0) is 9.53 Å². The van der Waals surface area contributed by atoms with E-state index in [1.165, 1.54) is 6.08 Å². The highest BCUT2D eigenvalue weighted by Gasteiger charge is 2.19. The van der Waals surface area contributed by atoms with Gasteiger partial charge in [-0.15, -0.1) is 0 Å². The third kappa shape index (κ3) is 5.21. The van der Waals surface area contributed by atoms with Crippen molar-refractivity contribution in [3.63, 3.8) is 0 Å². The number of nitrogens with two attached hydrogens (primary N) is 1. The van der Waals surface area contributed by atoms with E-state index >= 15 is 0 Å². The first kappa shape index (κ1) is 15.5. The molecule has 1 saturated heterocycles. The molecule has 1 heterocycles. The predicted octanol–water partition coefficient (Wildman–Crippen LogP) is 1.12. The fourth-order valence-electron chi connectivity index (χ4n) is 2.24. The minimum atomic E-state index is -0.107. The van der Waals surface area contributed by atoms with Crippen LogP contribution in [0.3, 0.4) is 0 Å². The average molecular weight is 289 g/mol. The fourth-order valence-corrected chi connectivity index (χ4v) is 2.24. The van der Waals surface area contributed by atoms with Gasteiger partial charge in [-0.25, -0.2) is 0 Å². The summed E-state index contributed by atoms with van der Waals surface area (Å²) in [5.74, 6) is -0.107. The Morgan fingerprint density at radius 1 is 1.48 bits per heavy atom. The number of morpholine rings is 1. The number of nitrogens with zero attached hydrogens (tertiary/aromatic N) is 1. The Bertz CT molecular complexity index is 485. The monoisotopic (exact) mass is 289 g/mol. The van der Waals surface area contributed by atoms with Crippen LogP contribution < -0.4 is 11.1 Å². The number of benzene rings is 1. The first-order valence-corrected chi connectivity index (χ1v) is 7.33. The van der Waals surface area contributed by atoms with E-state index in [9.17, 15) is 4.79 Å². The van der Waals surface area contributed by atoms with Crippen molar-refractivity contribution in [2.75, 3.05) is 38.5 Å². The quantitative estimate of drug-likeness (QED) is 0.629. The number of nitrogens with one attached hydrogen (secondary N) is 1. The van der Waals surface area contributed by atoms with Crippen molar-refractivity contribution in [1.82, 2.24) is 10.2 Å². The molecule has 0 saturated carbocycles. The van der Waals surface area contributed by atoms with Crippen LogP contribution in [0.2, 0.25) is 0 Å². The molecule has 1 aliphatic rings. The molecule has 1 aromatic rings. The second-order valence-electron chi connectivity index (χ2n) is 5.13.